The monoisotopic (exact) mass is 293 g/mol. The summed E-state index contributed by atoms with van der Waals surface area (Å²) >= 11 is 0. The van der Waals surface area contributed by atoms with Crippen molar-refractivity contribution < 1.29 is 5.11 Å². The number of nitrogens with one attached hydrogen (secondary N) is 1. The number of nitrogen functional groups attached to an aromatic ring is 2. The molecule has 6 N–H and O–H groups in total. The van der Waals surface area contributed by atoms with Gasteiger partial charge in [-0.3, -0.25) is 0 Å². The smallest absolute Gasteiger partial charge is 0.0762 e. The fourth-order valence-electron chi connectivity index (χ4n) is 1.88. The van der Waals surface area contributed by atoms with E-state index in [1.807, 2.05) is 30.3 Å². The van der Waals surface area contributed by atoms with Gasteiger partial charge in [-0.25, -0.2) is 0 Å². The summed E-state index contributed by atoms with van der Waals surface area (Å²) in [5, 5.41) is 12.8. The Morgan fingerprint density at radius 3 is 2.60 bits per heavy atom. The Morgan fingerprint density at radius 1 is 1.15 bits per heavy atom. The Balaban J connectivity index is 0.00000200. The van der Waals surface area contributed by atoms with Gasteiger partial charge >= 0.3 is 0 Å². The molecule has 0 radical (unpaired) electrons. The van der Waals surface area contributed by atoms with E-state index in [2.05, 4.69) is 5.32 Å². The summed E-state index contributed by atoms with van der Waals surface area (Å²) in [6.07, 6.45) is -0.473. The molecule has 2 rings (SSSR count). The first-order valence-electron chi connectivity index (χ1n) is 6.22. The lowest BCUT2D eigenvalue weighted by Gasteiger charge is -2.11. The van der Waals surface area contributed by atoms with Crippen molar-refractivity contribution in [1.29, 1.82) is 0 Å². The summed E-state index contributed by atoms with van der Waals surface area (Å²) in [7, 11) is 0. The molecule has 0 bridgehead atoms. The summed E-state index contributed by atoms with van der Waals surface area (Å²) in [5.74, 6) is 0. The molecule has 1 atom stereocenters. The van der Waals surface area contributed by atoms with Crippen LogP contribution >= 0.6 is 12.4 Å². The number of hydrogen-bond donors (Lipinski definition) is 4. The fraction of sp³-hybridized carbons (Fsp3) is 0.200. The second kappa shape index (κ2) is 7.03. The number of halogens is 1. The van der Waals surface area contributed by atoms with Crippen molar-refractivity contribution in [2.75, 3.05) is 16.8 Å². The molecule has 108 valence electrons. The minimum atomic E-state index is -0.473. The minimum absolute atomic E-state index is 0. The lowest BCUT2D eigenvalue weighted by atomic mass is 10.1. The van der Waals surface area contributed by atoms with Gasteiger partial charge in [-0.15, -0.1) is 12.4 Å². The van der Waals surface area contributed by atoms with Crippen LogP contribution < -0.4 is 16.8 Å². The predicted octanol–water partition coefficient (Wildman–Crippen LogP) is 2.94. The Morgan fingerprint density at radius 2 is 1.90 bits per heavy atom. The molecule has 2 aromatic rings. The third-order valence-electron chi connectivity index (χ3n) is 3.02. The van der Waals surface area contributed by atoms with Crippen LogP contribution in [-0.2, 0) is 6.54 Å². The maximum Gasteiger partial charge on any atom is 0.0762 e. The second-order valence-corrected chi connectivity index (χ2v) is 4.61. The summed E-state index contributed by atoms with van der Waals surface area (Å²) in [6.45, 7) is 2.34. The van der Waals surface area contributed by atoms with Crippen molar-refractivity contribution in [2.24, 2.45) is 0 Å². The van der Waals surface area contributed by atoms with Crippen molar-refractivity contribution in [2.45, 2.75) is 19.6 Å². The number of aliphatic hydroxyl groups is 1. The van der Waals surface area contributed by atoms with Gasteiger partial charge in [0.1, 0.15) is 0 Å². The van der Waals surface area contributed by atoms with Gasteiger partial charge in [0.15, 0.2) is 0 Å². The van der Waals surface area contributed by atoms with E-state index in [0.717, 1.165) is 16.8 Å². The van der Waals surface area contributed by atoms with Crippen LogP contribution in [0.25, 0.3) is 0 Å². The van der Waals surface area contributed by atoms with Gasteiger partial charge in [-0.2, -0.15) is 0 Å². The van der Waals surface area contributed by atoms with E-state index in [1.54, 1.807) is 19.1 Å². The SMILES string of the molecule is CC(O)c1cccc(NCc2cc(N)ccc2N)c1.Cl. The van der Waals surface area contributed by atoms with Crippen LogP contribution in [0, 0.1) is 0 Å². The molecule has 20 heavy (non-hydrogen) atoms. The molecule has 4 nitrogen and oxygen atoms in total. The third-order valence-corrected chi connectivity index (χ3v) is 3.02. The van der Waals surface area contributed by atoms with Gasteiger partial charge in [0.25, 0.3) is 0 Å². The highest BCUT2D eigenvalue weighted by Gasteiger charge is 2.03. The molecule has 0 spiro atoms. The quantitative estimate of drug-likeness (QED) is 0.653. The number of nitrogens with two attached hydrogens (primary N) is 2. The van der Waals surface area contributed by atoms with Crippen molar-refractivity contribution >= 4 is 29.5 Å². The minimum Gasteiger partial charge on any atom is -0.399 e. The Kier molecular flexibility index (Phi) is 5.67. The number of aliphatic hydroxyl groups excluding tert-OH is 1. The molecule has 0 aromatic heterocycles. The summed E-state index contributed by atoms with van der Waals surface area (Å²) < 4.78 is 0. The van der Waals surface area contributed by atoms with E-state index in [1.165, 1.54) is 0 Å². The average Bonchev–Trinajstić information content (AvgIpc) is 2.40. The normalized spacial score (nSPS) is 11.5. The van der Waals surface area contributed by atoms with Crippen LogP contribution in [-0.4, -0.2) is 5.11 Å². The zero-order valence-electron chi connectivity index (χ0n) is 11.3. The van der Waals surface area contributed by atoms with Gasteiger partial charge in [-0.05, 0) is 48.4 Å². The second-order valence-electron chi connectivity index (χ2n) is 4.61. The largest absolute Gasteiger partial charge is 0.399 e. The Hall–Kier alpha value is -1.91. The van der Waals surface area contributed by atoms with E-state index in [4.69, 9.17) is 11.5 Å². The molecule has 0 saturated carbocycles. The molecule has 0 aliphatic carbocycles. The first kappa shape index (κ1) is 16.1. The van der Waals surface area contributed by atoms with E-state index < -0.39 is 6.10 Å². The number of hydrogen-bond acceptors (Lipinski definition) is 4. The Bertz CT molecular complexity index is 573. The van der Waals surface area contributed by atoms with Gasteiger partial charge < -0.3 is 21.9 Å². The molecule has 0 fully saturated rings. The summed E-state index contributed by atoms with van der Waals surface area (Å²) in [4.78, 5) is 0. The highest BCUT2D eigenvalue weighted by Crippen LogP contribution is 2.20. The van der Waals surface area contributed by atoms with Crippen LogP contribution in [0.15, 0.2) is 42.5 Å². The fourth-order valence-corrected chi connectivity index (χ4v) is 1.88. The van der Waals surface area contributed by atoms with Crippen molar-refractivity contribution in [3.63, 3.8) is 0 Å². The van der Waals surface area contributed by atoms with Crippen molar-refractivity contribution in [3.05, 3.63) is 53.6 Å². The highest BCUT2D eigenvalue weighted by molar-refractivity contribution is 5.85. The molecule has 2 aromatic carbocycles. The lowest BCUT2D eigenvalue weighted by molar-refractivity contribution is 0.199. The summed E-state index contributed by atoms with van der Waals surface area (Å²) in [5.41, 5.74) is 15.8. The van der Waals surface area contributed by atoms with E-state index in [9.17, 15) is 5.11 Å². The molecule has 0 heterocycles. The van der Waals surface area contributed by atoms with Crippen LogP contribution in [0.5, 0.6) is 0 Å². The maximum absolute atomic E-state index is 9.55. The van der Waals surface area contributed by atoms with Gasteiger partial charge in [-0.1, -0.05) is 12.1 Å². The number of benzene rings is 2. The van der Waals surface area contributed by atoms with Crippen molar-refractivity contribution in [1.82, 2.24) is 0 Å². The molecule has 0 amide bonds. The number of anilines is 3. The molecule has 0 aliphatic rings. The van der Waals surface area contributed by atoms with Crippen LogP contribution in [0.2, 0.25) is 0 Å². The molecular formula is C15H20ClN3O. The predicted molar refractivity (Wildman–Crippen MR) is 86.9 cm³/mol. The van der Waals surface area contributed by atoms with E-state index in [-0.39, 0.29) is 12.4 Å². The highest BCUT2D eigenvalue weighted by atomic mass is 35.5. The van der Waals surface area contributed by atoms with Crippen molar-refractivity contribution in [3.8, 4) is 0 Å². The average molecular weight is 294 g/mol. The van der Waals surface area contributed by atoms with Crippen LogP contribution in [0.4, 0.5) is 17.1 Å². The molecule has 0 aliphatic heterocycles. The molecule has 5 heteroatoms. The van der Waals surface area contributed by atoms with Gasteiger partial charge in [0.05, 0.1) is 6.10 Å². The zero-order chi connectivity index (χ0) is 13.8. The first-order chi connectivity index (χ1) is 9.06. The third kappa shape index (κ3) is 4.05. The van der Waals surface area contributed by atoms with E-state index in [0.29, 0.717) is 17.9 Å². The topological polar surface area (TPSA) is 84.3 Å². The molecule has 0 saturated heterocycles. The maximum atomic E-state index is 9.55. The first-order valence-corrected chi connectivity index (χ1v) is 6.22. The molecule has 1 unspecified atom stereocenters. The number of rotatable bonds is 4. The Labute approximate surface area is 125 Å². The zero-order valence-corrected chi connectivity index (χ0v) is 12.2. The standard InChI is InChI=1S/C15H19N3O.ClH/c1-10(19)11-3-2-4-14(8-11)18-9-12-7-13(16)5-6-15(12)17;/h2-8,10,18-19H,9,16-17H2,1H3;1H. The lowest BCUT2D eigenvalue weighted by Crippen LogP contribution is -2.04. The van der Waals surface area contributed by atoms with E-state index >= 15 is 0 Å². The van der Waals surface area contributed by atoms with Gasteiger partial charge in [0, 0.05) is 23.6 Å². The summed E-state index contributed by atoms with van der Waals surface area (Å²) in [6, 6.07) is 13.1. The molecular weight excluding hydrogens is 274 g/mol. The van der Waals surface area contributed by atoms with Gasteiger partial charge in [0.2, 0.25) is 0 Å². The van der Waals surface area contributed by atoms with Crippen LogP contribution in [0.3, 0.4) is 0 Å². The van der Waals surface area contributed by atoms with Crippen LogP contribution in [0.1, 0.15) is 24.2 Å².